The molecule has 2 aliphatic rings. The molecule has 1 saturated heterocycles. The number of carboxylic acids is 1. The van der Waals surface area contributed by atoms with Crippen LogP contribution in [0.25, 0.3) is 11.3 Å². The number of carboxylic acid groups (broad SMARTS) is 1. The highest BCUT2D eigenvalue weighted by molar-refractivity contribution is 5.87. The van der Waals surface area contributed by atoms with Crippen molar-refractivity contribution in [2.45, 2.75) is 13.0 Å². The predicted octanol–water partition coefficient (Wildman–Crippen LogP) is 1.82. The average molecular weight is 401 g/mol. The van der Waals surface area contributed by atoms with Gasteiger partial charge in [-0.2, -0.15) is 0 Å². The zero-order valence-corrected chi connectivity index (χ0v) is 16.4. The van der Waals surface area contributed by atoms with Crippen molar-refractivity contribution in [3.05, 3.63) is 45.7 Å². The fourth-order valence-corrected chi connectivity index (χ4v) is 3.85. The molecule has 0 saturated carbocycles. The number of methoxy groups -OCH3 is 2. The maximum absolute atomic E-state index is 12.2. The SMILES string of the molecule is COCC1(COc2cc3c(cc2OC)-c2cc(=O)c(C(=O)O)cn2CC3)COC1. The molecule has 4 rings (SSSR count). The van der Waals surface area contributed by atoms with E-state index in [1.807, 2.05) is 12.1 Å². The van der Waals surface area contributed by atoms with Gasteiger partial charge in [-0.15, -0.1) is 0 Å². The van der Waals surface area contributed by atoms with Gasteiger partial charge < -0.3 is 28.6 Å². The van der Waals surface area contributed by atoms with Crippen LogP contribution in [0.15, 0.2) is 29.2 Å². The lowest BCUT2D eigenvalue weighted by Gasteiger charge is -2.40. The lowest BCUT2D eigenvalue weighted by Crippen LogP contribution is -2.50. The monoisotopic (exact) mass is 401 g/mol. The lowest BCUT2D eigenvalue weighted by molar-refractivity contribution is -0.159. The van der Waals surface area contributed by atoms with Crippen LogP contribution in [0.2, 0.25) is 0 Å². The maximum atomic E-state index is 12.2. The van der Waals surface area contributed by atoms with E-state index >= 15 is 0 Å². The van der Waals surface area contributed by atoms with Crippen LogP contribution in [-0.2, 0) is 22.4 Å². The first-order valence-corrected chi connectivity index (χ1v) is 9.35. The Morgan fingerprint density at radius 1 is 1.21 bits per heavy atom. The van der Waals surface area contributed by atoms with Crippen molar-refractivity contribution in [2.75, 3.05) is 40.6 Å². The number of carbonyl (C=O) groups is 1. The topological polar surface area (TPSA) is 96.2 Å². The molecule has 8 nitrogen and oxygen atoms in total. The minimum absolute atomic E-state index is 0.150. The van der Waals surface area contributed by atoms with Crippen molar-refractivity contribution < 1.29 is 28.8 Å². The van der Waals surface area contributed by atoms with Gasteiger partial charge in [0, 0.05) is 31.5 Å². The molecule has 1 aromatic heterocycles. The van der Waals surface area contributed by atoms with Crippen LogP contribution in [0.4, 0.5) is 0 Å². The molecule has 154 valence electrons. The molecule has 2 aromatic rings. The zero-order valence-electron chi connectivity index (χ0n) is 16.4. The molecule has 29 heavy (non-hydrogen) atoms. The molecule has 0 unspecified atom stereocenters. The maximum Gasteiger partial charge on any atom is 0.341 e. The largest absolute Gasteiger partial charge is 0.493 e. The first-order valence-electron chi connectivity index (χ1n) is 9.35. The third-order valence-electron chi connectivity index (χ3n) is 5.45. The van der Waals surface area contributed by atoms with Gasteiger partial charge in [0.25, 0.3) is 0 Å². The summed E-state index contributed by atoms with van der Waals surface area (Å²) in [6.07, 6.45) is 2.10. The second kappa shape index (κ2) is 7.53. The number of aromatic nitrogens is 1. The first kappa shape index (κ1) is 19.5. The highest BCUT2D eigenvalue weighted by atomic mass is 16.5. The van der Waals surface area contributed by atoms with Crippen LogP contribution < -0.4 is 14.9 Å². The van der Waals surface area contributed by atoms with E-state index in [-0.39, 0.29) is 11.0 Å². The minimum Gasteiger partial charge on any atom is -0.493 e. The van der Waals surface area contributed by atoms with Gasteiger partial charge in [-0.1, -0.05) is 0 Å². The van der Waals surface area contributed by atoms with E-state index in [0.29, 0.717) is 56.6 Å². The van der Waals surface area contributed by atoms with E-state index in [0.717, 1.165) is 11.1 Å². The molecule has 1 aromatic carbocycles. The van der Waals surface area contributed by atoms with E-state index in [9.17, 15) is 14.7 Å². The van der Waals surface area contributed by atoms with Crippen molar-refractivity contribution in [1.82, 2.24) is 4.57 Å². The summed E-state index contributed by atoms with van der Waals surface area (Å²) in [5.41, 5.74) is 1.65. The molecule has 3 heterocycles. The van der Waals surface area contributed by atoms with Crippen LogP contribution in [0.1, 0.15) is 15.9 Å². The number of ether oxygens (including phenoxy) is 4. The van der Waals surface area contributed by atoms with Gasteiger partial charge in [0.2, 0.25) is 0 Å². The molecule has 8 heteroatoms. The van der Waals surface area contributed by atoms with Crippen molar-refractivity contribution in [3.8, 4) is 22.8 Å². The Labute approximate surface area is 167 Å². The number of fused-ring (bicyclic) bond motifs is 3. The quantitative estimate of drug-likeness (QED) is 0.756. The second-order valence-electron chi connectivity index (χ2n) is 7.56. The minimum atomic E-state index is -1.22. The zero-order chi connectivity index (χ0) is 20.6. The molecular weight excluding hydrogens is 378 g/mol. The highest BCUT2D eigenvalue weighted by Gasteiger charge is 2.40. The highest BCUT2D eigenvalue weighted by Crippen LogP contribution is 2.39. The number of benzene rings is 1. The molecule has 0 spiro atoms. The van der Waals surface area contributed by atoms with E-state index in [2.05, 4.69) is 0 Å². The summed E-state index contributed by atoms with van der Waals surface area (Å²) in [6.45, 7) is 2.78. The second-order valence-corrected chi connectivity index (χ2v) is 7.56. The summed E-state index contributed by atoms with van der Waals surface area (Å²) >= 11 is 0. The van der Waals surface area contributed by atoms with Gasteiger partial charge in [0.15, 0.2) is 16.9 Å². The predicted molar refractivity (Wildman–Crippen MR) is 104 cm³/mol. The molecule has 1 N–H and O–H groups in total. The van der Waals surface area contributed by atoms with Crippen LogP contribution in [-0.4, -0.2) is 56.3 Å². The van der Waals surface area contributed by atoms with E-state index in [1.54, 1.807) is 18.8 Å². The molecule has 0 atom stereocenters. The molecule has 1 fully saturated rings. The van der Waals surface area contributed by atoms with Crippen LogP contribution in [0.5, 0.6) is 11.5 Å². The number of pyridine rings is 1. The fraction of sp³-hybridized carbons (Fsp3) is 0.429. The summed E-state index contributed by atoms with van der Waals surface area (Å²) in [6, 6.07) is 5.16. The van der Waals surface area contributed by atoms with E-state index < -0.39 is 11.4 Å². The summed E-state index contributed by atoms with van der Waals surface area (Å²) in [7, 11) is 3.23. The lowest BCUT2D eigenvalue weighted by atomic mass is 9.88. The molecule has 0 bridgehead atoms. The summed E-state index contributed by atoms with van der Waals surface area (Å²) in [4.78, 5) is 23.5. The third kappa shape index (κ3) is 3.49. The summed E-state index contributed by atoms with van der Waals surface area (Å²) in [5, 5.41) is 9.20. The first-order chi connectivity index (χ1) is 14.0. The van der Waals surface area contributed by atoms with Gasteiger partial charge >= 0.3 is 5.97 Å². The molecule has 0 radical (unpaired) electrons. The number of aromatic carboxylic acids is 1. The Hall–Kier alpha value is -2.84. The van der Waals surface area contributed by atoms with E-state index in [4.69, 9.17) is 18.9 Å². The molecule has 0 amide bonds. The number of hydrogen-bond acceptors (Lipinski definition) is 6. The fourth-order valence-electron chi connectivity index (χ4n) is 3.85. The standard InChI is InChI=1S/C21H23NO7/c1-26-9-21(10-28-11-21)12-29-19-5-13-3-4-22-8-15(20(24)25)17(23)7-16(22)14(13)6-18(19)27-2/h5-8H,3-4,9-12H2,1-2H3,(H,24,25). The number of hydrogen-bond donors (Lipinski definition) is 1. The smallest absolute Gasteiger partial charge is 0.341 e. The third-order valence-corrected chi connectivity index (χ3v) is 5.45. The summed E-state index contributed by atoms with van der Waals surface area (Å²) in [5.74, 6) is -0.0336. The van der Waals surface area contributed by atoms with Crippen molar-refractivity contribution in [1.29, 1.82) is 0 Å². The van der Waals surface area contributed by atoms with Gasteiger partial charge in [0.05, 0.1) is 38.0 Å². The van der Waals surface area contributed by atoms with Crippen LogP contribution >= 0.6 is 0 Å². The van der Waals surface area contributed by atoms with Crippen LogP contribution in [0, 0.1) is 5.41 Å². The summed E-state index contributed by atoms with van der Waals surface area (Å²) < 4.78 is 24.0. The normalized spacial score (nSPS) is 16.3. The Morgan fingerprint density at radius 2 is 2.00 bits per heavy atom. The van der Waals surface area contributed by atoms with Crippen molar-refractivity contribution in [3.63, 3.8) is 0 Å². The number of rotatable bonds is 7. The molecule has 2 aliphatic heterocycles. The average Bonchev–Trinajstić information content (AvgIpc) is 2.68. The Morgan fingerprint density at radius 3 is 2.62 bits per heavy atom. The Balaban J connectivity index is 1.67. The van der Waals surface area contributed by atoms with Crippen molar-refractivity contribution >= 4 is 5.97 Å². The van der Waals surface area contributed by atoms with Crippen molar-refractivity contribution in [2.24, 2.45) is 5.41 Å². The van der Waals surface area contributed by atoms with Gasteiger partial charge in [-0.25, -0.2) is 4.79 Å². The van der Waals surface area contributed by atoms with Gasteiger partial charge in [-0.3, -0.25) is 4.79 Å². The molecular formula is C21H23NO7. The number of nitrogens with zero attached hydrogens (tertiary/aromatic N) is 1. The van der Waals surface area contributed by atoms with Crippen LogP contribution in [0.3, 0.4) is 0 Å². The van der Waals surface area contributed by atoms with E-state index in [1.165, 1.54) is 12.3 Å². The Kier molecular flexibility index (Phi) is 5.06. The van der Waals surface area contributed by atoms with Gasteiger partial charge in [-0.05, 0) is 24.1 Å². The van der Waals surface area contributed by atoms with Gasteiger partial charge in [0.1, 0.15) is 12.2 Å². The number of aryl methyl sites for hydroxylation is 2. The molecule has 0 aliphatic carbocycles. The Bertz CT molecular complexity index is 1010.